The van der Waals surface area contributed by atoms with Gasteiger partial charge in [-0.25, -0.2) is 4.79 Å². The molecule has 2 atom stereocenters. The van der Waals surface area contributed by atoms with Crippen LogP contribution in [0.25, 0.3) is 0 Å². The number of nitrogens with one attached hydrogen (secondary N) is 1. The Labute approximate surface area is 196 Å². The monoisotopic (exact) mass is 463 g/mol. The van der Waals surface area contributed by atoms with E-state index in [-0.39, 0.29) is 18.7 Å². The van der Waals surface area contributed by atoms with E-state index in [2.05, 4.69) is 10.2 Å². The maximum Gasteiger partial charge on any atom is 0.330 e. The highest BCUT2D eigenvalue weighted by Crippen LogP contribution is 2.46. The molecule has 2 aromatic carbocycles. The largest absolute Gasteiger partial charge is 0.364 e. The van der Waals surface area contributed by atoms with Crippen molar-refractivity contribution < 1.29 is 19.3 Å². The van der Waals surface area contributed by atoms with Crippen molar-refractivity contribution in [2.24, 2.45) is 5.41 Å². The molecule has 1 N–H and O–H groups in total. The Hall–Kier alpha value is -3.79. The number of nitrogens with zero attached hydrogens (tertiary/aromatic N) is 4. The van der Waals surface area contributed by atoms with Crippen molar-refractivity contribution in [3.05, 3.63) is 69.8 Å². The molecule has 0 bridgehead atoms. The van der Waals surface area contributed by atoms with Crippen molar-refractivity contribution in [2.45, 2.75) is 18.9 Å². The molecular weight excluding hydrogens is 438 g/mol. The fourth-order valence-corrected chi connectivity index (χ4v) is 5.40. The average molecular weight is 463 g/mol. The van der Waals surface area contributed by atoms with Gasteiger partial charge >= 0.3 is 6.03 Å². The summed E-state index contributed by atoms with van der Waals surface area (Å²) in [4.78, 5) is 56.3. The van der Waals surface area contributed by atoms with Crippen LogP contribution in [-0.4, -0.2) is 71.8 Å². The predicted molar refractivity (Wildman–Crippen MR) is 123 cm³/mol. The third-order valence-corrected chi connectivity index (χ3v) is 7.17. The van der Waals surface area contributed by atoms with Crippen LogP contribution in [0.1, 0.15) is 11.1 Å². The number of fused-ring (bicyclic) bond motifs is 4. The van der Waals surface area contributed by atoms with E-state index in [1.165, 1.54) is 12.1 Å². The molecule has 4 amide bonds. The van der Waals surface area contributed by atoms with Gasteiger partial charge in [0, 0.05) is 50.4 Å². The number of hydrogen-bond acceptors (Lipinski definition) is 7. The Morgan fingerprint density at radius 2 is 1.88 bits per heavy atom. The molecule has 10 heteroatoms. The minimum absolute atomic E-state index is 0.00119. The molecule has 34 heavy (non-hydrogen) atoms. The van der Waals surface area contributed by atoms with E-state index >= 15 is 0 Å². The number of rotatable bonds is 4. The van der Waals surface area contributed by atoms with Gasteiger partial charge < -0.3 is 9.80 Å². The van der Waals surface area contributed by atoms with E-state index in [0.29, 0.717) is 25.1 Å². The van der Waals surface area contributed by atoms with Crippen molar-refractivity contribution in [3.63, 3.8) is 0 Å². The van der Waals surface area contributed by atoms with Gasteiger partial charge in [0.1, 0.15) is 0 Å². The molecule has 5 rings (SSSR count). The highest BCUT2D eigenvalue weighted by atomic mass is 16.6. The van der Waals surface area contributed by atoms with Gasteiger partial charge in [-0.05, 0) is 30.7 Å². The summed E-state index contributed by atoms with van der Waals surface area (Å²) >= 11 is 0. The summed E-state index contributed by atoms with van der Waals surface area (Å²) in [5.41, 5.74) is 0.681. The van der Waals surface area contributed by atoms with E-state index in [1.54, 1.807) is 6.07 Å². The van der Waals surface area contributed by atoms with Crippen LogP contribution in [0.15, 0.2) is 48.5 Å². The number of carbonyl (C=O) groups excluding carboxylic acids is 3. The first-order valence-corrected chi connectivity index (χ1v) is 11.2. The topological polar surface area (TPSA) is 116 Å². The number of nitro groups is 1. The lowest BCUT2D eigenvalue weighted by Gasteiger charge is -2.55. The van der Waals surface area contributed by atoms with Gasteiger partial charge in [-0.15, -0.1) is 0 Å². The summed E-state index contributed by atoms with van der Waals surface area (Å²) in [5, 5.41) is 13.8. The fraction of sp³-hybridized carbons (Fsp3) is 0.375. The molecule has 0 radical (unpaired) electrons. The first-order chi connectivity index (χ1) is 16.3. The zero-order valence-electron chi connectivity index (χ0n) is 18.8. The van der Waals surface area contributed by atoms with Crippen molar-refractivity contribution in [3.8, 4) is 0 Å². The van der Waals surface area contributed by atoms with Gasteiger partial charge in [0.2, 0.25) is 11.8 Å². The number of urea groups is 1. The smallest absolute Gasteiger partial charge is 0.330 e. The molecule has 3 aliphatic heterocycles. The number of nitro benzene ring substituents is 1. The summed E-state index contributed by atoms with van der Waals surface area (Å²) in [5.74, 6) is -1.18. The number of imide groups is 2. The minimum Gasteiger partial charge on any atom is -0.364 e. The van der Waals surface area contributed by atoms with Crippen LogP contribution < -0.4 is 10.2 Å². The van der Waals surface area contributed by atoms with E-state index < -0.39 is 34.2 Å². The maximum atomic E-state index is 14.0. The third-order valence-electron chi connectivity index (χ3n) is 7.17. The van der Waals surface area contributed by atoms with Crippen LogP contribution >= 0.6 is 0 Å². The highest BCUT2D eigenvalue weighted by molar-refractivity contribution is 6.20. The van der Waals surface area contributed by atoms with E-state index in [9.17, 15) is 24.5 Å². The summed E-state index contributed by atoms with van der Waals surface area (Å²) < 4.78 is 0. The Morgan fingerprint density at radius 1 is 1.12 bits per heavy atom. The lowest BCUT2D eigenvalue weighted by atomic mass is 9.67. The number of amides is 4. The van der Waals surface area contributed by atoms with E-state index in [4.69, 9.17) is 0 Å². The van der Waals surface area contributed by atoms with E-state index in [1.807, 2.05) is 42.3 Å². The molecule has 176 valence electrons. The van der Waals surface area contributed by atoms with Gasteiger partial charge in [0.25, 0.3) is 5.69 Å². The molecule has 0 saturated carbocycles. The Kier molecular flexibility index (Phi) is 5.32. The van der Waals surface area contributed by atoms with Crippen LogP contribution in [0.2, 0.25) is 0 Å². The van der Waals surface area contributed by atoms with Crippen LogP contribution in [0.5, 0.6) is 0 Å². The molecule has 2 fully saturated rings. The van der Waals surface area contributed by atoms with Crippen LogP contribution in [0, 0.1) is 15.5 Å². The maximum absolute atomic E-state index is 14.0. The summed E-state index contributed by atoms with van der Waals surface area (Å²) in [6.45, 7) is 1.87. The third kappa shape index (κ3) is 3.41. The number of piperazine rings is 1. The molecule has 2 aromatic rings. The average Bonchev–Trinajstić information content (AvgIpc) is 2.82. The van der Waals surface area contributed by atoms with Gasteiger partial charge in [0.05, 0.1) is 11.0 Å². The summed E-state index contributed by atoms with van der Waals surface area (Å²) in [6.07, 6.45) is 0.458. The quantitative estimate of drug-likeness (QED) is 0.416. The van der Waals surface area contributed by atoms with Crippen LogP contribution in [0.4, 0.5) is 16.2 Å². The Morgan fingerprint density at radius 3 is 2.62 bits per heavy atom. The van der Waals surface area contributed by atoms with Gasteiger partial charge in [-0.2, -0.15) is 0 Å². The molecular formula is C24H25N5O5. The van der Waals surface area contributed by atoms with Gasteiger partial charge in [-0.1, -0.05) is 30.3 Å². The second kappa shape index (κ2) is 8.21. The van der Waals surface area contributed by atoms with Crippen LogP contribution in [0.3, 0.4) is 0 Å². The number of anilines is 1. The number of carbonyl (C=O) groups is 3. The molecule has 2 saturated heterocycles. The number of likely N-dealkylation sites (N-methyl/N-ethyl adjacent to an activating group) is 1. The van der Waals surface area contributed by atoms with Crippen molar-refractivity contribution in [1.82, 2.24) is 15.1 Å². The highest BCUT2D eigenvalue weighted by Gasteiger charge is 2.62. The normalized spacial score (nSPS) is 24.6. The molecule has 10 nitrogen and oxygen atoms in total. The molecule has 0 unspecified atom stereocenters. The Balaban J connectivity index is 1.56. The second-order valence-corrected chi connectivity index (χ2v) is 9.14. The molecule has 0 aromatic heterocycles. The summed E-state index contributed by atoms with van der Waals surface area (Å²) in [7, 11) is 1.93. The number of hydrogen-bond donors (Lipinski definition) is 1. The van der Waals surface area contributed by atoms with Gasteiger partial charge in [0.15, 0.2) is 5.41 Å². The molecule has 0 aliphatic carbocycles. The van der Waals surface area contributed by atoms with Crippen LogP contribution in [-0.2, 0) is 22.4 Å². The minimum atomic E-state index is -1.55. The number of non-ortho nitro benzene ring substituents is 1. The second-order valence-electron chi connectivity index (χ2n) is 9.14. The first kappa shape index (κ1) is 22.0. The van der Waals surface area contributed by atoms with E-state index in [0.717, 1.165) is 22.7 Å². The predicted octanol–water partition coefficient (Wildman–Crippen LogP) is 1.58. The Bertz CT molecular complexity index is 1190. The first-order valence-electron chi connectivity index (χ1n) is 11.2. The molecule has 3 heterocycles. The number of benzene rings is 2. The van der Waals surface area contributed by atoms with Crippen molar-refractivity contribution in [2.75, 3.05) is 38.1 Å². The number of barbiturate groups is 1. The molecule has 1 spiro atoms. The van der Waals surface area contributed by atoms with Crippen molar-refractivity contribution in [1.29, 1.82) is 0 Å². The zero-order valence-corrected chi connectivity index (χ0v) is 18.8. The summed E-state index contributed by atoms with van der Waals surface area (Å²) in [6, 6.07) is 12.9. The lowest BCUT2D eigenvalue weighted by Crippen LogP contribution is -2.75. The SMILES string of the molecule is CN1CCN2c3ccc([N+](=O)[O-])cc3C[C@@]3(C(=O)NC(=O)N(CCc4ccccc4)C3=O)[C@H]2C1. The van der Waals surface area contributed by atoms with Gasteiger partial charge in [-0.3, -0.25) is 29.9 Å². The standard InChI is InChI=1S/C24H25N5O5/c1-26-11-12-27-19-8-7-18(29(33)34)13-17(19)14-24(20(27)15-26)21(30)25-23(32)28(22(24)31)10-9-16-5-3-2-4-6-16/h2-8,13,20H,9-12,14-15H2,1H3,(H,25,30,32)/t20-,24+/m1/s1. The fourth-order valence-electron chi connectivity index (χ4n) is 5.40. The lowest BCUT2D eigenvalue weighted by molar-refractivity contribution is -0.384. The van der Waals surface area contributed by atoms with Crippen molar-refractivity contribution >= 4 is 29.2 Å². The zero-order chi connectivity index (χ0) is 24.0. The molecule has 3 aliphatic rings.